The van der Waals surface area contributed by atoms with E-state index in [0.717, 1.165) is 6.54 Å². The Bertz CT molecular complexity index is 422. The smallest absolute Gasteiger partial charge is 0.0572 e. The Morgan fingerprint density at radius 3 is 2.12 bits per heavy atom. The van der Waals surface area contributed by atoms with Crippen LogP contribution in [0.1, 0.15) is 5.56 Å². The molecular formula is C14H15NO. The van der Waals surface area contributed by atoms with E-state index in [2.05, 4.69) is 54.0 Å². The maximum atomic E-state index is 4.81. The molecule has 0 spiro atoms. The van der Waals surface area contributed by atoms with Crippen molar-refractivity contribution in [3.63, 3.8) is 0 Å². The molecule has 2 aromatic carbocycles. The van der Waals surface area contributed by atoms with Gasteiger partial charge < -0.3 is 4.84 Å². The lowest BCUT2D eigenvalue weighted by atomic mass is 10.0. The summed E-state index contributed by atoms with van der Waals surface area (Å²) in [6, 6.07) is 18.8. The fraction of sp³-hybridized carbons (Fsp3) is 0.143. The van der Waals surface area contributed by atoms with Crippen LogP contribution in [0.2, 0.25) is 0 Å². The van der Waals surface area contributed by atoms with Crippen molar-refractivity contribution in [2.45, 2.75) is 6.54 Å². The summed E-state index contributed by atoms with van der Waals surface area (Å²) in [6.07, 6.45) is 0. The number of benzene rings is 2. The van der Waals surface area contributed by atoms with Gasteiger partial charge in [0, 0.05) is 6.54 Å². The van der Waals surface area contributed by atoms with Crippen LogP contribution in [0.15, 0.2) is 54.6 Å². The number of hydrogen-bond donors (Lipinski definition) is 1. The predicted molar refractivity (Wildman–Crippen MR) is 65.7 cm³/mol. The van der Waals surface area contributed by atoms with Crippen LogP contribution in [0.4, 0.5) is 0 Å². The lowest BCUT2D eigenvalue weighted by molar-refractivity contribution is 0.0867. The van der Waals surface area contributed by atoms with Crippen LogP contribution in [0.5, 0.6) is 0 Å². The monoisotopic (exact) mass is 213 g/mol. The standard InChI is InChI=1S/C14H15NO/c1-16-15-11-12-7-9-14(10-8-12)13-5-3-2-4-6-13/h2-10,15H,11H2,1H3. The molecule has 0 amide bonds. The summed E-state index contributed by atoms with van der Waals surface area (Å²) < 4.78 is 0. The van der Waals surface area contributed by atoms with E-state index in [-0.39, 0.29) is 0 Å². The molecule has 2 nitrogen and oxygen atoms in total. The van der Waals surface area contributed by atoms with E-state index in [9.17, 15) is 0 Å². The Balaban J connectivity index is 2.13. The second-order valence-corrected chi connectivity index (χ2v) is 3.59. The third kappa shape index (κ3) is 2.69. The van der Waals surface area contributed by atoms with Gasteiger partial charge in [-0.15, -0.1) is 0 Å². The van der Waals surface area contributed by atoms with E-state index in [1.54, 1.807) is 7.11 Å². The molecule has 82 valence electrons. The zero-order chi connectivity index (χ0) is 11.2. The second-order valence-electron chi connectivity index (χ2n) is 3.59. The van der Waals surface area contributed by atoms with E-state index in [0.29, 0.717) is 0 Å². The Labute approximate surface area is 95.8 Å². The Morgan fingerprint density at radius 1 is 0.875 bits per heavy atom. The molecule has 0 radical (unpaired) electrons. The average Bonchev–Trinajstić information content (AvgIpc) is 2.38. The molecule has 0 fully saturated rings. The zero-order valence-electron chi connectivity index (χ0n) is 9.31. The summed E-state index contributed by atoms with van der Waals surface area (Å²) >= 11 is 0. The van der Waals surface area contributed by atoms with Crippen molar-refractivity contribution in [3.05, 3.63) is 60.2 Å². The molecule has 0 unspecified atom stereocenters. The molecule has 2 aromatic rings. The Morgan fingerprint density at radius 2 is 1.50 bits per heavy atom. The van der Waals surface area contributed by atoms with Gasteiger partial charge in [-0.1, -0.05) is 54.6 Å². The number of hydrogen-bond acceptors (Lipinski definition) is 2. The van der Waals surface area contributed by atoms with E-state index < -0.39 is 0 Å². The van der Waals surface area contributed by atoms with Crippen molar-refractivity contribution >= 4 is 0 Å². The van der Waals surface area contributed by atoms with Crippen LogP contribution >= 0.6 is 0 Å². The lowest BCUT2D eigenvalue weighted by Crippen LogP contribution is -2.10. The van der Waals surface area contributed by atoms with Crippen molar-refractivity contribution in [2.75, 3.05) is 7.11 Å². The van der Waals surface area contributed by atoms with Crippen molar-refractivity contribution < 1.29 is 4.84 Å². The summed E-state index contributed by atoms with van der Waals surface area (Å²) in [6.45, 7) is 0.728. The molecule has 1 N–H and O–H groups in total. The molecule has 16 heavy (non-hydrogen) atoms. The molecule has 0 heterocycles. The van der Waals surface area contributed by atoms with Gasteiger partial charge >= 0.3 is 0 Å². The summed E-state index contributed by atoms with van der Waals surface area (Å²) in [7, 11) is 1.62. The van der Waals surface area contributed by atoms with Gasteiger partial charge in [-0.25, -0.2) is 0 Å². The lowest BCUT2D eigenvalue weighted by Gasteiger charge is -2.04. The molecule has 0 aliphatic heterocycles. The maximum absolute atomic E-state index is 4.81. The fourth-order valence-electron chi connectivity index (χ4n) is 1.60. The van der Waals surface area contributed by atoms with Gasteiger partial charge in [0.15, 0.2) is 0 Å². The first-order valence-corrected chi connectivity index (χ1v) is 5.30. The van der Waals surface area contributed by atoms with Crippen LogP contribution < -0.4 is 5.48 Å². The molecule has 2 rings (SSSR count). The maximum Gasteiger partial charge on any atom is 0.0572 e. The molecule has 0 bridgehead atoms. The normalized spacial score (nSPS) is 10.3. The van der Waals surface area contributed by atoms with Crippen molar-refractivity contribution in [3.8, 4) is 11.1 Å². The first-order chi connectivity index (χ1) is 7.90. The van der Waals surface area contributed by atoms with Gasteiger partial charge in [0.1, 0.15) is 0 Å². The summed E-state index contributed by atoms with van der Waals surface area (Å²) in [5, 5.41) is 0. The SMILES string of the molecule is CONCc1ccc(-c2ccccc2)cc1. The predicted octanol–water partition coefficient (Wildman–Crippen LogP) is 3.00. The molecule has 0 saturated heterocycles. The largest absolute Gasteiger partial charge is 0.305 e. The Kier molecular flexibility index (Phi) is 3.70. The fourth-order valence-corrected chi connectivity index (χ4v) is 1.60. The molecule has 0 saturated carbocycles. The quantitative estimate of drug-likeness (QED) is 0.788. The highest BCUT2D eigenvalue weighted by atomic mass is 16.6. The minimum absolute atomic E-state index is 0.728. The Hall–Kier alpha value is -1.64. The van der Waals surface area contributed by atoms with Crippen molar-refractivity contribution in [2.24, 2.45) is 0 Å². The number of nitrogens with one attached hydrogen (secondary N) is 1. The second kappa shape index (κ2) is 5.45. The molecular weight excluding hydrogens is 198 g/mol. The van der Waals surface area contributed by atoms with E-state index in [1.165, 1.54) is 16.7 Å². The van der Waals surface area contributed by atoms with Crippen LogP contribution in [0.3, 0.4) is 0 Å². The number of hydroxylamine groups is 1. The van der Waals surface area contributed by atoms with Crippen LogP contribution in [0, 0.1) is 0 Å². The summed E-state index contributed by atoms with van der Waals surface area (Å²) in [5.41, 5.74) is 6.52. The molecule has 0 aromatic heterocycles. The highest BCUT2D eigenvalue weighted by molar-refractivity contribution is 5.63. The van der Waals surface area contributed by atoms with Crippen molar-refractivity contribution in [1.29, 1.82) is 0 Å². The number of rotatable bonds is 4. The highest BCUT2D eigenvalue weighted by Crippen LogP contribution is 2.18. The van der Waals surface area contributed by atoms with Gasteiger partial charge in [-0.05, 0) is 16.7 Å². The van der Waals surface area contributed by atoms with E-state index in [1.807, 2.05) is 6.07 Å². The highest BCUT2D eigenvalue weighted by Gasteiger charge is 1.96. The van der Waals surface area contributed by atoms with E-state index >= 15 is 0 Å². The van der Waals surface area contributed by atoms with Crippen LogP contribution in [-0.4, -0.2) is 7.11 Å². The molecule has 0 aliphatic rings. The average molecular weight is 213 g/mol. The third-order valence-electron chi connectivity index (χ3n) is 2.48. The van der Waals surface area contributed by atoms with Crippen LogP contribution in [-0.2, 0) is 11.4 Å². The first-order valence-electron chi connectivity index (χ1n) is 5.30. The van der Waals surface area contributed by atoms with Crippen molar-refractivity contribution in [1.82, 2.24) is 5.48 Å². The summed E-state index contributed by atoms with van der Waals surface area (Å²) in [4.78, 5) is 4.81. The molecule has 2 heteroatoms. The third-order valence-corrected chi connectivity index (χ3v) is 2.48. The van der Waals surface area contributed by atoms with E-state index in [4.69, 9.17) is 4.84 Å². The minimum atomic E-state index is 0.728. The van der Waals surface area contributed by atoms with Gasteiger partial charge in [-0.3, -0.25) is 0 Å². The van der Waals surface area contributed by atoms with Gasteiger partial charge in [0.2, 0.25) is 0 Å². The molecule has 0 atom stereocenters. The topological polar surface area (TPSA) is 21.3 Å². The minimum Gasteiger partial charge on any atom is -0.305 e. The molecule has 0 aliphatic carbocycles. The zero-order valence-corrected chi connectivity index (χ0v) is 9.31. The van der Waals surface area contributed by atoms with Gasteiger partial charge in [0.05, 0.1) is 7.11 Å². The van der Waals surface area contributed by atoms with Gasteiger partial charge in [0.25, 0.3) is 0 Å². The van der Waals surface area contributed by atoms with Gasteiger partial charge in [-0.2, -0.15) is 5.48 Å². The first kappa shape index (κ1) is 10.9. The summed E-state index contributed by atoms with van der Waals surface area (Å²) in [5.74, 6) is 0. The van der Waals surface area contributed by atoms with Crippen LogP contribution in [0.25, 0.3) is 11.1 Å².